The molecule has 13 N–H and O–H groups in total. The number of phenolic OH excluding ortho intramolecular Hbond substituents is 1. The quantitative estimate of drug-likeness (QED) is 0.0493. The molecule has 11 atom stereocenters. The Morgan fingerprint density at radius 3 is 2.15 bits per heavy atom. The maximum Gasteiger partial charge on any atom is 0.483 e. The SMILES string of the molecule is Nc1cc(O)c2ncn([C@@H]3O[C@H](OP(=O)(O)OP(=O)(O)O[C@H]4O[C@@H](CN5NC=C(CCCCCCCCCC(=O)O)N5)[C@@H](O)[C@@H](O)[C@@H]4O)[C@@H](O)[C@H]3O)c2c1. The number of rotatable bonds is 19. The number of allylic oxidation sites excluding steroid dienone is 1. The highest BCUT2D eigenvalue weighted by atomic mass is 31.3. The van der Waals surface area contributed by atoms with Crippen LogP contribution in [0.1, 0.15) is 64.0 Å². The summed E-state index contributed by atoms with van der Waals surface area (Å²) in [5.74, 6) is -1.09. The third-order valence-corrected chi connectivity index (χ3v) is 11.5. The van der Waals surface area contributed by atoms with Crippen LogP contribution in [0.4, 0.5) is 5.69 Å². The molecule has 5 rings (SSSR count). The van der Waals surface area contributed by atoms with Gasteiger partial charge in [0, 0.05) is 30.1 Å². The van der Waals surface area contributed by atoms with E-state index in [1.165, 1.54) is 17.3 Å². The van der Waals surface area contributed by atoms with Crippen LogP contribution in [0.3, 0.4) is 0 Å². The first-order valence-electron chi connectivity index (χ1n) is 17.1. The van der Waals surface area contributed by atoms with E-state index in [4.69, 9.17) is 29.4 Å². The first-order chi connectivity index (χ1) is 25.4. The molecule has 0 aliphatic carbocycles. The number of hydrogen-bond acceptors (Lipinski definition) is 19. The highest BCUT2D eigenvalue weighted by Gasteiger charge is 2.52. The Morgan fingerprint density at radius 1 is 0.870 bits per heavy atom. The van der Waals surface area contributed by atoms with Crippen LogP contribution < -0.4 is 16.6 Å². The van der Waals surface area contributed by atoms with Crippen molar-refractivity contribution in [2.45, 2.75) is 113 Å². The number of phosphoric ester groups is 2. The van der Waals surface area contributed by atoms with E-state index in [0.717, 1.165) is 55.1 Å². The number of ether oxygens (including phenoxy) is 2. The van der Waals surface area contributed by atoms with Crippen LogP contribution in [0.5, 0.6) is 5.75 Å². The number of fused-ring (bicyclic) bond motifs is 1. The molecule has 2 unspecified atom stereocenters. The number of anilines is 1. The van der Waals surface area contributed by atoms with E-state index in [2.05, 4.69) is 20.1 Å². The molecule has 3 aliphatic heterocycles. The van der Waals surface area contributed by atoms with Crippen LogP contribution in [0.25, 0.3) is 11.0 Å². The molecule has 0 amide bonds. The number of nitrogens with two attached hydrogens (primary N) is 1. The van der Waals surface area contributed by atoms with Crippen LogP contribution in [0, 0.1) is 0 Å². The Hall–Kier alpha value is -2.96. The van der Waals surface area contributed by atoms with E-state index >= 15 is 0 Å². The minimum Gasteiger partial charge on any atom is -0.506 e. The number of hydrazine groups is 2. The number of nitrogens with zero attached hydrogens (tertiary/aromatic N) is 3. The first-order valence-corrected chi connectivity index (χ1v) is 20.0. The molecular formula is C29H46N6O17P2. The molecule has 2 fully saturated rings. The Balaban J connectivity index is 1.09. The zero-order valence-corrected chi connectivity index (χ0v) is 30.5. The smallest absolute Gasteiger partial charge is 0.483 e. The summed E-state index contributed by atoms with van der Waals surface area (Å²) in [7, 11) is -11.4. The van der Waals surface area contributed by atoms with Gasteiger partial charge in [0.15, 0.2) is 18.8 Å². The molecule has 23 nitrogen and oxygen atoms in total. The molecule has 0 bridgehead atoms. The van der Waals surface area contributed by atoms with Crippen molar-refractivity contribution >= 4 is 38.3 Å². The Bertz CT molecular complexity index is 1730. The average Bonchev–Trinajstić information content (AvgIpc) is 3.78. The first kappa shape index (κ1) is 42.2. The number of aliphatic hydroxyl groups is 5. The molecule has 54 heavy (non-hydrogen) atoms. The molecule has 304 valence electrons. The van der Waals surface area contributed by atoms with Gasteiger partial charge in [0.2, 0.25) is 0 Å². The van der Waals surface area contributed by atoms with Gasteiger partial charge < -0.3 is 76.2 Å². The van der Waals surface area contributed by atoms with Crippen molar-refractivity contribution in [1.82, 2.24) is 25.5 Å². The molecular weight excluding hydrogens is 766 g/mol. The standard InChI is InChI=1S/C29H46N6O17P2/c30-15-10-17-21(18(36)11-15)31-14-34(17)27-24(41)26(43)29(49-27)51-54(46,47)52-53(44,45)50-28-25(42)23(40)22(39)19(48-28)13-35-32-12-16(33-35)8-6-4-2-1-3-5-7-9-20(37)38/h10-12,14,19,22-29,32-33,36,39-43H,1-9,13,30H2,(H,37,38)(H,44,45)(H,46,47)/t19-,22+,23+,24+,25-,26-,27+,28+,29+/m0/s1. The monoisotopic (exact) mass is 812 g/mol. The summed E-state index contributed by atoms with van der Waals surface area (Å²) in [4.78, 5) is 35.2. The van der Waals surface area contributed by atoms with Gasteiger partial charge in [-0.1, -0.05) is 32.1 Å². The zero-order chi connectivity index (χ0) is 39.4. The summed E-state index contributed by atoms with van der Waals surface area (Å²) < 4.78 is 51.5. The predicted octanol–water partition coefficient (Wildman–Crippen LogP) is -0.279. The fourth-order valence-electron chi connectivity index (χ4n) is 6.15. The highest BCUT2D eigenvalue weighted by molar-refractivity contribution is 7.61. The summed E-state index contributed by atoms with van der Waals surface area (Å²) in [5, 5.41) is 72.7. The van der Waals surface area contributed by atoms with Gasteiger partial charge in [0.25, 0.3) is 0 Å². The Kier molecular flexibility index (Phi) is 14.0. The lowest BCUT2D eigenvalue weighted by Crippen LogP contribution is -2.61. The van der Waals surface area contributed by atoms with Crippen molar-refractivity contribution in [3.05, 3.63) is 30.4 Å². The van der Waals surface area contributed by atoms with E-state index in [-0.39, 0.29) is 35.4 Å². The number of phenols is 1. The third kappa shape index (κ3) is 10.7. The zero-order valence-electron chi connectivity index (χ0n) is 28.7. The van der Waals surface area contributed by atoms with E-state index in [0.29, 0.717) is 12.8 Å². The third-order valence-electron chi connectivity index (χ3n) is 8.87. The van der Waals surface area contributed by atoms with Crippen LogP contribution in [0.15, 0.2) is 30.4 Å². The molecule has 0 spiro atoms. The Morgan fingerprint density at radius 2 is 1.48 bits per heavy atom. The van der Waals surface area contributed by atoms with Gasteiger partial charge in [-0.05, 0) is 25.3 Å². The van der Waals surface area contributed by atoms with Crippen LogP contribution >= 0.6 is 15.6 Å². The number of hydrogen-bond donors (Lipinski definition) is 12. The van der Waals surface area contributed by atoms with Gasteiger partial charge in [-0.15, -0.1) is 5.12 Å². The average molecular weight is 813 g/mol. The fourth-order valence-corrected chi connectivity index (χ4v) is 8.37. The highest BCUT2D eigenvalue weighted by Crippen LogP contribution is 2.62. The summed E-state index contributed by atoms with van der Waals surface area (Å²) in [5.41, 5.74) is 12.8. The number of carbonyl (C=O) groups is 1. The number of carboxylic acid groups (broad SMARTS) is 1. The Labute approximate surface area is 307 Å². The largest absolute Gasteiger partial charge is 0.506 e. The van der Waals surface area contributed by atoms with Crippen molar-refractivity contribution in [3.63, 3.8) is 0 Å². The molecule has 2 aromatic rings. The maximum atomic E-state index is 12.8. The lowest BCUT2D eigenvalue weighted by atomic mass is 9.99. The minimum atomic E-state index is -5.72. The van der Waals surface area contributed by atoms with Crippen molar-refractivity contribution in [3.8, 4) is 5.75 Å². The number of nitrogens with one attached hydrogen (secondary N) is 2. The molecule has 25 heteroatoms. The van der Waals surface area contributed by atoms with Crippen LogP contribution in [-0.4, -0.2) is 122 Å². The molecule has 4 heterocycles. The number of aromatic nitrogens is 2. The van der Waals surface area contributed by atoms with Gasteiger partial charge in [0.1, 0.15) is 47.9 Å². The second-order valence-electron chi connectivity index (χ2n) is 13.1. The van der Waals surface area contributed by atoms with Crippen LogP contribution in [0.2, 0.25) is 0 Å². The summed E-state index contributed by atoms with van der Waals surface area (Å²) in [6.45, 7) is -0.210. The van der Waals surface area contributed by atoms with E-state index < -0.39 is 77.0 Å². The molecule has 0 saturated carbocycles. The number of unbranched alkanes of at least 4 members (excludes halogenated alkanes) is 6. The van der Waals surface area contributed by atoms with Gasteiger partial charge in [-0.3, -0.25) is 13.8 Å². The van der Waals surface area contributed by atoms with Crippen molar-refractivity contribution in [1.29, 1.82) is 0 Å². The summed E-state index contributed by atoms with van der Waals surface area (Å²) in [6.07, 6.45) is -6.96. The minimum absolute atomic E-state index is 0.0527. The van der Waals surface area contributed by atoms with Crippen molar-refractivity contribution in [2.75, 3.05) is 12.3 Å². The van der Waals surface area contributed by atoms with E-state index in [1.54, 1.807) is 6.20 Å². The number of aliphatic hydroxyl groups excluding tert-OH is 5. The van der Waals surface area contributed by atoms with E-state index in [1.807, 2.05) is 0 Å². The summed E-state index contributed by atoms with van der Waals surface area (Å²) in [6, 6.07) is 2.59. The predicted molar refractivity (Wildman–Crippen MR) is 182 cm³/mol. The summed E-state index contributed by atoms with van der Waals surface area (Å²) >= 11 is 0. The number of benzene rings is 1. The maximum absolute atomic E-state index is 12.8. The number of aromatic hydroxyl groups is 1. The van der Waals surface area contributed by atoms with Gasteiger partial charge in [-0.2, -0.15) is 4.31 Å². The molecule has 1 aromatic heterocycles. The normalized spacial score (nSPS) is 31.1. The van der Waals surface area contributed by atoms with Crippen molar-refractivity contribution in [2.24, 2.45) is 0 Å². The molecule has 3 aliphatic rings. The second kappa shape index (κ2) is 17.9. The lowest BCUT2D eigenvalue weighted by Gasteiger charge is -2.41. The number of carboxylic acids is 1. The van der Waals surface area contributed by atoms with E-state index in [9.17, 15) is 54.4 Å². The number of imidazole rings is 1. The number of aliphatic carboxylic acids is 1. The van der Waals surface area contributed by atoms with Gasteiger partial charge in [0.05, 0.1) is 18.4 Å². The topological polar surface area (TPSA) is 351 Å². The lowest BCUT2D eigenvalue weighted by molar-refractivity contribution is -0.279. The number of phosphoric acid groups is 2. The fraction of sp³-hybridized carbons (Fsp3) is 0.655. The van der Waals surface area contributed by atoms with Crippen molar-refractivity contribution < 1.29 is 82.3 Å². The second-order valence-corrected chi connectivity index (χ2v) is 16.0. The number of nitrogen functional groups attached to an aromatic ring is 1. The molecule has 2 saturated heterocycles. The molecule has 0 radical (unpaired) electrons. The van der Waals surface area contributed by atoms with Gasteiger partial charge >= 0.3 is 21.6 Å². The molecule has 1 aromatic carbocycles. The van der Waals surface area contributed by atoms with Crippen LogP contribution in [-0.2, 0) is 36.8 Å². The van der Waals surface area contributed by atoms with Gasteiger partial charge in [-0.25, -0.2) is 14.1 Å².